The lowest BCUT2D eigenvalue weighted by Crippen LogP contribution is -2.55. The second-order valence-electron chi connectivity index (χ2n) is 6.49. The minimum Gasteiger partial charge on any atom is -0.341 e. The Bertz CT molecular complexity index is 528. The summed E-state index contributed by atoms with van der Waals surface area (Å²) in [7, 11) is 0. The predicted octanol–water partition coefficient (Wildman–Crippen LogP) is 2.17. The highest BCUT2D eigenvalue weighted by Crippen LogP contribution is 2.29. The van der Waals surface area contributed by atoms with Crippen molar-refractivity contribution in [1.82, 2.24) is 15.1 Å². The number of nitrogens with one attached hydrogen (secondary N) is 1. The van der Waals surface area contributed by atoms with Gasteiger partial charge < -0.3 is 10.2 Å². The first-order valence-electron chi connectivity index (χ1n) is 8.71. The van der Waals surface area contributed by atoms with E-state index < -0.39 is 0 Å². The third-order valence-electron chi connectivity index (χ3n) is 5.04. The second kappa shape index (κ2) is 7.41. The van der Waals surface area contributed by atoms with Gasteiger partial charge in [-0.1, -0.05) is 19.1 Å². The SMILES string of the molecule is CCC1CNCCN1C(C(=O)N1CCCC1)c1ccc(F)cc1. The van der Waals surface area contributed by atoms with Gasteiger partial charge in [0.15, 0.2) is 0 Å². The van der Waals surface area contributed by atoms with E-state index in [4.69, 9.17) is 0 Å². The molecule has 2 atom stereocenters. The number of carbonyl (C=O) groups is 1. The standard InChI is InChI=1S/C18H26FN3O/c1-2-16-13-20-9-12-22(16)17(14-5-7-15(19)8-6-14)18(23)21-10-3-4-11-21/h5-8,16-17,20H,2-4,9-13H2,1H3. The molecule has 0 spiro atoms. The molecule has 1 aromatic rings. The van der Waals surface area contributed by atoms with Crippen molar-refractivity contribution in [2.45, 2.75) is 38.3 Å². The molecule has 0 aromatic heterocycles. The van der Waals surface area contributed by atoms with E-state index in [0.717, 1.165) is 57.5 Å². The van der Waals surface area contributed by atoms with Crippen LogP contribution in [0.25, 0.3) is 0 Å². The molecule has 2 fully saturated rings. The van der Waals surface area contributed by atoms with Gasteiger partial charge in [-0.25, -0.2) is 4.39 Å². The molecule has 3 rings (SSSR count). The van der Waals surface area contributed by atoms with Gasteiger partial charge in [-0.15, -0.1) is 0 Å². The van der Waals surface area contributed by atoms with Crippen LogP contribution in [0.2, 0.25) is 0 Å². The van der Waals surface area contributed by atoms with Gasteiger partial charge in [-0.2, -0.15) is 0 Å². The number of likely N-dealkylation sites (tertiary alicyclic amines) is 1. The number of nitrogens with zero attached hydrogens (tertiary/aromatic N) is 2. The first-order chi connectivity index (χ1) is 11.2. The Balaban J connectivity index is 1.91. The van der Waals surface area contributed by atoms with Crippen molar-refractivity contribution in [3.63, 3.8) is 0 Å². The van der Waals surface area contributed by atoms with Crippen LogP contribution in [0.15, 0.2) is 24.3 Å². The van der Waals surface area contributed by atoms with Crippen LogP contribution in [0.4, 0.5) is 4.39 Å². The molecular formula is C18H26FN3O. The fourth-order valence-electron chi connectivity index (χ4n) is 3.73. The molecule has 0 saturated carbocycles. The van der Waals surface area contributed by atoms with Gasteiger partial charge in [0.2, 0.25) is 5.91 Å². The monoisotopic (exact) mass is 319 g/mol. The fourth-order valence-corrected chi connectivity index (χ4v) is 3.73. The summed E-state index contributed by atoms with van der Waals surface area (Å²) in [5.74, 6) is -0.0806. The number of halogens is 1. The molecular weight excluding hydrogens is 293 g/mol. The van der Waals surface area contributed by atoms with Gasteiger partial charge in [0.05, 0.1) is 0 Å². The second-order valence-corrected chi connectivity index (χ2v) is 6.49. The van der Waals surface area contributed by atoms with Gasteiger partial charge in [0.1, 0.15) is 11.9 Å². The molecule has 4 nitrogen and oxygen atoms in total. The predicted molar refractivity (Wildman–Crippen MR) is 88.6 cm³/mol. The summed E-state index contributed by atoms with van der Waals surface area (Å²) in [4.78, 5) is 17.4. The molecule has 1 amide bonds. The molecule has 0 aliphatic carbocycles. The smallest absolute Gasteiger partial charge is 0.244 e. The molecule has 2 saturated heterocycles. The molecule has 1 N–H and O–H groups in total. The third-order valence-corrected chi connectivity index (χ3v) is 5.04. The summed E-state index contributed by atoms with van der Waals surface area (Å²) < 4.78 is 13.3. The average Bonchev–Trinajstić information content (AvgIpc) is 3.12. The van der Waals surface area contributed by atoms with Crippen LogP contribution in [0.5, 0.6) is 0 Å². The van der Waals surface area contributed by atoms with Gasteiger partial charge >= 0.3 is 0 Å². The first kappa shape index (κ1) is 16.4. The Labute approximate surface area is 137 Å². The van der Waals surface area contributed by atoms with E-state index in [0.29, 0.717) is 6.04 Å². The van der Waals surface area contributed by atoms with Crippen molar-refractivity contribution in [1.29, 1.82) is 0 Å². The van der Waals surface area contributed by atoms with Crippen LogP contribution in [0.3, 0.4) is 0 Å². The third kappa shape index (κ3) is 3.56. The Hall–Kier alpha value is -1.46. The summed E-state index contributed by atoms with van der Waals surface area (Å²) in [5, 5.41) is 3.41. The molecule has 2 heterocycles. The Morgan fingerprint density at radius 2 is 1.96 bits per heavy atom. The van der Waals surface area contributed by atoms with Crippen molar-refractivity contribution in [2.75, 3.05) is 32.7 Å². The topological polar surface area (TPSA) is 35.6 Å². The van der Waals surface area contributed by atoms with E-state index in [9.17, 15) is 9.18 Å². The summed E-state index contributed by atoms with van der Waals surface area (Å²) in [6.45, 7) is 6.49. The van der Waals surface area contributed by atoms with E-state index in [1.165, 1.54) is 12.1 Å². The lowest BCUT2D eigenvalue weighted by atomic mass is 9.99. The molecule has 5 heteroatoms. The molecule has 1 aromatic carbocycles. The normalized spacial score (nSPS) is 23.9. The number of hydrogen-bond acceptors (Lipinski definition) is 3. The van der Waals surface area contributed by atoms with Crippen LogP contribution in [0, 0.1) is 5.82 Å². The van der Waals surface area contributed by atoms with Gasteiger partial charge in [0.25, 0.3) is 0 Å². The van der Waals surface area contributed by atoms with Crippen LogP contribution < -0.4 is 5.32 Å². The van der Waals surface area contributed by atoms with Gasteiger partial charge in [-0.3, -0.25) is 9.69 Å². The zero-order valence-corrected chi connectivity index (χ0v) is 13.8. The van der Waals surface area contributed by atoms with Crippen LogP contribution >= 0.6 is 0 Å². The van der Waals surface area contributed by atoms with Crippen molar-refractivity contribution < 1.29 is 9.18 Å². The molecule has 0 bridgehead atoms. The minimum absolute atomic E-state index is 0.175. The zero-order valence-electron chi connectivity index (χ0n) is 13.8. The van der Waals surface area contributed by atoms with E-state index >= 15 is 0 Å². The van der Waals surface area contributed by atoms with Crippen LogP contribution in [-0.4, -0.2) is 54.5 Å². The van der Waals surface area contributed by atoms with Crippen molar-refractivity contribution in [3.05, 3.63) is 35.6 Å². The number of piperazine rings is 1. The van der Waals surface area contributed by atoms with E-state index in [2.05, 4.69) is 17.1 Å². The summed E-state index contributed by atoms with van der Waals surface area (Å²) in [5.41, 5.74) is 0.906. The minimum atomic E-state index is -0.291. The number of rotatable bonds is 4. The van der Waals surface area contributed by atoms with Crippen molar-refractivity contribution in [2.24, 2.45) is 0 Å². The van der Waals surface area contributed by atoms with E-state index in [1.807, 2.05) is 4.90 Å². The maximum absolute atomic E-state index is 13.3. The number of hydrogen-bond donors (Lipinski definition) is 1. The molecule has 2 aliphatic rings. The quantitative estimate of drug-likeness (QED) is 0.924. The van der Waals surface area contributed by atoms with Crippen LogP contribution in [0.1, 0.15) is 37.8 Å². The van der Waals surface area contributed by atoms with E-state index in [-0.39, 0.29) is 17.8 Å². The van der Waals surface area contributed by atoms with Gasteiger partial charge in [0, 0.05) is 38.8 Å². The maximum Gasteiger partial charge on any atom is 0.244 e. The summed E-state index contributed by atoms with van der Waals surface area (Å²) in [6, 6.07) is 6.50. The summed E-state index contributed by atoms with van der Waals surface area (Å²) in [6.07, 6.45) is 3.17. The average molecular weight is 319 g/mol. The lowest BCUT2D eigenvalue weighted by molar-refractivity contribution is -0.137. The van der Waals surface area contributed by atoms with Gasteiger partial charge in [-0.05, 0) is 37.0 Å². The maximum atomic E-state index is 13.3. The molecule has 126 valence electrons. The summed E-state index contributed by atoms with van der Waals surface area (Å²) >= 11 is 0. The zero-order chi connectivity index (χ0) is 16.2. The highest BCUT2D eigenvalue weighted by atomic mass is 19.1. The fraction of sp³-hybridized carbons (Fsp3) is 0.611. The molecule has 2 unspecified atom stereocenters. The highest BCUT2D eigenvalue weighted by molar-refractivity contribution is 5.83. The Morgan fingerprint density at radius 1 is 1.26 bits per heavy atom. The molecule has 0 radical (unpaired) electrons. The number of benzene rings is 1. The molecule has 2 aliphatic heterocycles. The number of carbonyl (C=O) groups excluding carboxylic acids is 1. The van der Waals surface area contributed by atoms with Crippen LogP contribution in [-0.2, 0) is 4.79 Å². The lowest BCUT2D eigenvalue weighted by Gasteiger charge is -2.41. The Morgan fingerprint density at radius 3 is 2.61 bits per heavy atom. The highest BCUT2D eigenvalue weighted by Gasteiger charge is 2.36. The largest absolute Gasteiger partial charge is 0.341 e. The van der Waals surface area contributed by atoms with Crippen molar-refractivity contribution >= 4 is 5.91 Å². The Kier molecular flexibility index (Phi) is 5.28. The number of amides is 1. The first-order valence-corrected chi connectivity index (χ1v) is 8.71. The van der Waals surface area contributed by atoms with E-state index in [1.54, 1.807) is 12.1 Å². The van der Waals surface area contributed by atoms with Crippen molar-refractivity contribution in [3.8, 4) is 0 Å². The molecule has 23 heavy (non-hydrogen) atoms.